The molecule has 0 bridgehead atoms. The van der Waals surface area contributed by atoms with E-state index < -0.39 is 0 Å². The van der Waals surface area contributed by atoms with Gasteiger partial charge in [0.25, 0.3) is 0 Å². The predicted octanol–water partition coefficient (Wildman–Crippen LogP) is 1.05. The van der Waals surface area contributed by atoms with E-state index in [1.807, 2.05) is 6.07 Å². The van der Waals surface area contributed by atoms with Gasteiger partial charge >= 0.3 is 0 Å². The molecule has 0 unspecified atom stereocenters. The number of nitriles is 1. The molecule has 8 heavy (non-hydrogen) atoms. The molecule has 0 spiro atoms. The molecule has 2 nitrogen and oxygen atoms in total. The molecule has 0 aliphatic rings. The van der Waals surface area contributed by atoms with Crippen LogP contribution in [0, 0.1) is 11.3 Å². The van der Waals surface area contributed by atoms with Crippen LogP contribution in [0.25, 0.3) is 0 Å². The van der Waals surface area contributed by atoms with Gasteiger partial charge in [0.15, 0.2) is 0 Å². The van der Waals surface area contributed by atoms with Gasteiger partial charge in [0.1, 0.15) is 0 Å². The second-order valence-electron chi connectivity index (χ2n) is 1.20. The van der Waals surface area contributed by atoms with E-state index in [1.165, 1.54) is 0 Å². The van der Waals surface area contributed by atoms with Crippen LogP contribution in [0.15, 0.2) is 11.8 Å². The van der Waals surface area contributed by atoms with E-state index in [2.05, 4.69) is 27.9 Å². The summed E-state index contributed by atoms with van der Waals surface area (Å²) in [6.07, 6.45) is 1.70. The van der Waals surface area contributed by atoms with Crippen LogP contribution in [-0.2, 0) is 0 Å². The molecule has 0 radical (unpaired) electrons. The third-order valence-electron chi connectivity index (χ3n) is 0.606. The fourth-order valence-electron chi connectivity index (χ4n) is 0.275. The number of alkyl halides is 1. The van der Waals surface area contributed by atoms with Crippen molar-refractivity contribution in [3.05, 3.63) is 11.8 Å². The van der Waals surface area contributed by atoms with Crippen molar-refractivity contribution in [3.8, 4) is 6.07 Å². The first-order valence-electron chi connectivity index (χ1n) is 2.17. The number of rotatable bonds is 2. The summed E-state index contributed by atoms with van der Waals surface area (Å²) in [7, 11) is 1.78. The minimum Gasteiger partial charge on any atom is -0.393 e. The molecule has 0 fully saturated rings. The van der Waals surface area contributed by atoms with Gasteiger partial charge in [0, 0.05) is 17.7 Å². The molecule has 0 aliphatic heterocycles. The summed E-state index contributed by atoms with van der Waals surface area (Å²) in [6, 6.07) is 2.04. The Kier molecular flexibility index (Phi) is 4.76. The van der Waals surface area contributed by atoms with Gasteiger partial charge in [-0.2, -0.15) is 5.26 Å². The minimum atomic E-state index is 0.771. The minimum absolute atomic E-state index is 0.771. The fraction of sp³-hybridized carbons (Fsp3) is 0.400. The molecule has 0 rings (SSSR count). The van der Waals surface area contributed by atoms with Gasteiger partial charge in [-0.1, -0.05) is 22.6 Å². The van der Waals surface area contributed by atoms with Crippen LogP contribution < -0.4 is 5.32 Å². The number of nitrogens with zero attached hydrogens (tertiary/aromatic N) is 1. The molecule has 0 saturated heterocycles. The summed E-state index contributed by atoms with van der Waals surface area (Å²) in [5.41, 5.74) is 0.771. The molecule has 0 aromatic heterocycles. The molecule has 0 aromatic carbocycles. The standard InChI is InChI=1S/C5H7IN2/c1-8-4-5(2-6)3-7/h4,8H,2H2,1H3/b5-4+. The molecule has 44 valence electrons. The average Bonchev–Trinajstić information content (AvgIpc) is 1.83. The Bertz CT molecular complexity index is 123. The summed E-state index contributed by atoms with van der Waals surface area (Å²) in [5.74, 6) is 0. The molecule has 0 aliphatic carbocycles. The normalized spacial score (nSPS) is 10.4. The molecular weight excluding hydrogens is 215 g/mol. The van der Waals surface area contributed by atoms with Gasteiger partial charge in [-0.3, -0.25) is 0 Å². The van der Waals surface area contributed by atoms with Crippen molar-refractivity contribution in [1.82, 2.24) is 5.32 Å². The van der Waals surface area contributed by atoms with Crippen LogP contribution in [0.1, 0.15) is 0 Å². The first-order valence-corrected chi connectivity index (χ1v) is 3.70. The van der Waals surface area contributed by atoms with E-state index in [1.54, 1.807) is 13.2 Å². The highest BCUT2D eigenvalue weighted by Crippen LogP contribution is 1.94. The first kappa shape index (κ1) is 7.76. The zero-order valence-corrected chi connectivity index (χ0v) is 6.77. The molecule has 0 atom stereocenters. The van der Waals surface area contributed by atoms with Crippen molar-refractivity contribution in [2.45, 2.75) is 0 Å². The maximum atomic E-state index is 8.29. The summed E-state index contributed by atoms with van der Waals surface area (Å²) >= 11 is 2.14. The van der Waals surface area contributed by atoms with Gasteiger partial charge in [0.2, 0.25) is 0 Å². The van der Waals surface area contributed by atoms with Gasteiger partial charge in [-0.05, 0) is 0 Å². The van der Waals surface area contributed by atoms with Crippen molar-refractivity contribution in [1.29, 1.82) is 5.26 Å². The highest BCUT2D eigenvalue weighted by molar-refractivity contribution is 14.1. The lowest BCUT2D eigenvalue weighted by molar-refractivity contribution is 1.09. The molecule has 3 heteroatoms. The first-order chi connectivity index (χ1) is 3.85. The second kappa shape index (κ2) is 4.91. The summed E-state index contributed by atoms with van der Waals surface area (Å²) in [5, 5.41) is 11.1. The molecular formula is C5H7IN2. The monoisotopic (exact) mass is 222 g/mol. The largest absolute Gasteiger partial charge is 0.393 e. The lowest BCUT2D eigenvalue weighted by atomic mass is 10.4. The van der Waals surface area contributed by atoms with Crippen molar-refractivity contribution < 1.29 is 0 Å². The highest BCUT2D eigenvalue weighted by Gasteiger charge is 1.86. The van der Waals surface area contributed by atoms with Crippen LogP contribution in [0.3, 0.4) is 0 Å². The number of halogens is 1. The lowest BCUT2D eigenvalue weighted by Gasteiger charge is -1.87. The number of allylic oxidation sites excluding steroid dienone is 1. The van der Waals surface area contributed by atoms with Crippen molar-refractivity contribution in [2.75, 3.05) is 11.5 Å². The Morgan fingerprint density at radius 2 is 2.62 bits per heavy atom. The maximum absolute atomic E-state index is 8.29. The van der Waals surface area contributed by atoms with E-state index in [4.69, 9.17) is 5.26 Å². The number of nitrogens with one attached hydrogen (secondary N) is 1. The fourth-order valence-corrected chi connectivity index (χ4v) is 0.666. The van der Waals surface area contributed by atoms with Crippen LogP contribution in [0.5, 0.6) is 0 Å². The van der Waals surface area contributed by atoms with Crippen LogP contribution >= 0.6 is 22.6 Å². The number of hydrogen-bond acceptors (Lipinski definition) is 2. The van der Waals surface area contributed by atoms with Crippen molar-refractivity contribution in [3.63, 3.8) is 0 Å². The quantitative estimate of drug-likeness (QED) is 0.430. The van der Waals surface area contributed by atoms with Crippen LogP contribution in [0.4, 0.5) is 0 Å². The Labute approximate surface area is 62.7 Å². The third kappa shape index (κ3) is 2.86. The summed E-state index contributed by atoms with van der Waals surface area (Å²) < 4.78 is 0.773. The van der Waals surface area contributed by atoms with E-state index in [-0.39, 0.29) is 0 Å². The van der Waals surface area contributed by atoms with Crippen LogP contribution in [-0.4, -0.2) is 11.5 Å². The Morgan fingerprint density at radius 1 is 2.00 bits per heavy atom. The summed E-state index contributed by atoms with van der Waals surface area (Å²) in [6.45, 7) is 0. The van der Waals surface area contributed by atoms with Gasteiger partial charge < -0.3 is 5.32 Å². The zero-order valence-electron chi connectivity index (χ0n) is 4.61. The number of hydrogen-bond donors (Lipinski definition) is 1. The molecule has 0 amide bonds. The smallest absolute Gasteiger partial charge is 0.0970 e. The highest BCUT2D eigenvalue weighted by atomic mass is 127. The Hall–Kier alpha value is -0.240. The van der Waals surface area contributed by atoms with Gasteiger partial charge in [0.05, 0.1) is 11.6 Å². The van der Waals surface area contributed by atoms with E-state index in [0.29, 0.717) is 0 Å². The Morgan fingerprint density at radius 3 is 2.75 bits per heavy atom. The maximum Gasteiger partial charge on any atom is 0.0970 e. The van der Waals surface area contributed by atoms with Crippen molar-refractivity contribution in [2.24, 2.45) is 0 Å². The average molecular weight is 222 g/mol. The van der Waals surface area contributed by atoms with E-state index in [0.717, 1.165) is 10.0 Å². The topological polar surface area (TPSA) is 35.8 Å². The predicted molar refractivity (Wildman–Crippen MR) is 41.6 cm³/mol. The lowest BCUT2D eigenvalue weighted by Crippen LogP contribution is -1.95. The van der Waals surface area contributed by atoms with E-state index >= 15 is 0 Å². The van der Waals surface area contributed by atoms with E-state index in [9.17, 15) is 0 Å². The van der Waals surface area contributed by atoms with Gasteiger partial charge in [-0.15, -0.1) is 0 Å². The molecule has 0 heterocycles. The van der Waals surface area contributed by atoms with Crippen molar-refractivity contribution >= 4 is 22.6 Å². The molecule has 1 N–H and O–H groups in total. The van der Waals surface area contributed by atoms with Gasteiger partial charge in [-0.25, -0.2) is 0 Å². The SMILES string of the molecule is CN/C=C(/C#N)CI. The zero-order chi connectivity index (χ0) is 6.41. The van der Waals surface area contributed by atoms with Crippen LogP contribution in [0.2, 0.25) is 0 Å². The Balaban J connectivity index is 3.72. The second-order valence-corrected chi connectivity index (χ2v) is 1.97. The molecule has 0 aromatic rings. The third-order valence-corrected chi connectivity index (χ3v) is 1.43. The summed E-state index contributed by atoms with van der Waals surface area (Å²) in [4.78, 5) is 0. The molecule has 0 saturated carbocycles.